The molecule has 2 aliphatic carbocycles. The summed E-state index contributed by atoms with van der Waals surface area (Å²) in [6.07, 6.45) is 11.7. The maximum atomic E-state index is 10.1. The van der Waals surface area contributed by atoms with Crippen molar-refractivity contribution in [2.75, 3.05) is 4.90 Å². The van der Waals surface area contributed by atoms with Gasteiger partial charge in [-0.3, -0.25) is 0 Å². The summed E-state index contributed by atoms with van der Waals surface area (Å²) in [6.45, 7) is 4.50. The summed E-state index contributed by atoms with van der Waals surface area (Å²) in [5.41, 5.74) is 11.2. The first-order valence-corrected chi connectivity index (χ1v) is 15.2. The summed E-state index contributed by atoms with van der Waals surface area (Å²) in [4.78, 5) is 2.40. The minimum Gasteiger partial charge on any atom is -0.331 e. The third kappa shape index (κ3) is 3.82. The van der Waals surface area contributed by atoms with Gasteiger partial charge in [0, 0.05) is 39.6 Å². The fourth-order valence-corrected chi connectivity index (χ4v) is 7.53. The van der Waals surface area contributed by atoms with Crippen LogP contribution in [0.1, 0.15) is 42.1 Å². The Kier molecular flexibility index (Phi) is 5.77. The molecule has 3 atom stereocenters. The van der Waals surface area contributed by atoms with E-state index in [1.165, 1.54) is 22.2 Å². The van der Waals surface area contributed by atoms with Crippen LogP contribution < -0.4 is 4.90 Å². The molecule has 8 rings (SSSR count). The molecule has 4 nitrogen and oxygen atoms in total. The Morgan fingerprint density at radius 1 is 0.818 bits per heavy atom. The molecule has 0 saturated carbocycles. The van der Waals surface area contributed by atoms with E-state index in [1.54, 1.807) is 0 Å². The monoisotopic (exact) mass is 566 g/mol. The highest BCUT2D eigenvalue weighted by molar-refractivity contribution is 5.91. The van der Waals surface area contributed by atoms with Gasteiger partial charge in [0.1, 0.15) is 0 Å². The number of aromatic nitrogens is 1. The number of fused-ring (bicyclic) bond motifs is 6. The van der Waals surface area contributed by atoms with Gasteiger partial charge in [-0.2, -0.15) is 10.5 Å². The van der Waals surface area contributed by atoms with Crippen LogP contribution in [-0.2, 0) is 6.42 Å². The van der Waals surface area contributed by atoms with Crippen LogP contribution in [0.3, 0.4) is 0 Å². The fraction of sp³-hybridized carbons (Fsp3) is 0.150. The molecule has 0 N–H and O–H groups in total. The summed E-state index contributed by atoms with van der Waals surface area (Å²) in [5.74, 6) is 0.558. The Hall–Kier alpha value is -5.58. The summed E-state index contributed by atoms with van der Waals surface area (Å²) in [7, 11) is 0. The molecule has 0 fully saturated rings. The molecule has 44 heavy (non-hydrogen) atoms. The Morgan fingerprint density at radius 3 is 2.50 bits per heavy atom. The number of benzene rings is 4. The average molecular weight is 567 g/mol. The second-order valence-electron chi connectivity index (χ2n) is 12.4. The molecule has 0 radical (unpaired) electrons. The predicted molar refractivity (Wildman–Crippen MR) is 178 cm³/mol. The molecule has 0 spiro atoms. The van der Waals surface area contributed by atoms with Crippen LogP contribution in [0.2, 0.25) is 0 Å². The van der Waals surface area contributed by atoms with Crippen molar-refractivity contribution in [3.05, 3.63) is 143 Å². The lowest BCUT2D eigenvalue weighted by molar-refractivity contribution is 0.540. The zero-order valence-electron chi connectivity index (χ0n) is 24.7. The molecule has 3 unspecified atom stereocenters. The maximum absolute atomic E-state index is 10.1. The molecular weight excluding hydrogens is 536 g/mol. The van der Waals surface area contributed by atoms with Gasteiger partial charge in [-0.15, -0.1) is 0 Å². The first kappa shape index (κ1) is 26.1. The molecule has 0 saturated heterocycles. The van der Waals surface area contributed by atoms with Gasteiger partial charge in [-0.05, 0) is 96.1 Å². The van der Waals surface area contributed by atoms with E-state index in [0.29, 0.717) is 17.1 Å². The Morgan fingerprint density at radius 2 is 1.64 bits per heavy atom. The van der Waals surface area contributed by atoms with E-state index in [2.05, 4.69) is 139 Å². The van der Waals surface area contributed by atoms with E-state index in [4.69, 9.17) is 0 Å². The lowest BCUT2D eigenvalue weighted by Gasteiger charge is -2.39. The number of rotatable bonds is 3. The van der Waals surface area contributed by atoms with Crippen molar-refractivity contribution >= 4 is 28.4 Å². The van der Waals surface area contributed by atoms with Gasteiger partial charge in [0.2, 0.25) is 0 Å². The molecule has 4 aromatic carbocycles. The highest BCUT2D eigenvalue weighted by atomic mass is 15.2. The molecule has 210 valence electrons. The van der Waals surface area contributed by atoms with Gasteiger partial charge < -0.3 is 9.47 Å². The number of para-hydroxylation sites is 2. The highest BCUT2D eigenvalue weighted by Gasteiger charge is 2.47. The quantitative estimate of drug-likeness (QED) is 0.219. The minimum atomic E-state index is -0.352. The van der Waals surface area contributed by atoms with Gasteiger partial charge in [-0.1, -0.05) is 73.7 Å². The molecular formula is C40H30N4. The SMILES string of the molecule is CC1C=Cc2c(c3ccccc3n2-c2cc(C#N)cc(-c3cccc(N4c5ccccc5C5C=C(C#N)C=CC54C)c3)c2)C1. The zero-order chi connectivity index (χ0) is 30.0. The summed E-state index contributed by atoms with van der Waals surface area (Å²) in [6, 6.07) is 36.7. The van der Waals surface area contributed by atoms with Gasteiger partial charge in [-0.25, -0.2) is 0 Å². The summed E-state index contributed by atoms with van der Waals surface area (Å²) in [5, 5.41) is 21.1. The van der Waals surface area contributed by atoms with Crippen molar-refractivity contribution in [2.45, 2.75) is 31.7 Å². The highest BCUT2D eigenvalue weighted by Crippen LogP contribution is 2.54. The van der Waals surface area contributed by atoms with Crippen molar-refractivity contribution in [1.82, 2.24) is 4.57 Å². The third-order valence-corrected chi connectivity index (χ3v) is 9.57. The summed E-state index contributed by atoms with van der Waals surface area (Å²) >= 11 is 0. The van der Waals surface area contributed by atoms with E-state index in [-0.39, 0.29) is 11.5 Å². The largest absolute Gasteiger partial charge is 0.331 e. The van der Waals surface area contributed by atoms with Crippen LogP contribution >= 0.6 is 0 Å². The van der Waals surface area contributed by atoms with Crippen LogP contribution in [-0.4, -0.2) is 10.1 Å². The van der Waals surface area contributed by atoms with Gasteiger partial charge in [0.15, 0.2) is 0 Å². The first-order chi connectivity index (χ1) is 21.5. The molecule has 5 aromatic rings. The third-order valence-electron chi connectivity index (χ3n) is 9.57. The standard InChI is InChI=1S/C40H30N4/c1-26-14-15-38-35(18-26)33-10-3-5-12-37(33)43(38)32-20-28(25-42)19-30(23-32)29-8-7-9-31(22-29)44-39-13-6-4-11-34(39)36-21-27(24-41)16-17-40(36,44)2/h3-17,19-23,26,36H,18H2,1-2H3. The van der Waals surface area contributed by atoms with Crippen molar-refractivity contribution in [3.63, 3.8) is 0 Å². The van der Waals surface area contributed by atoms with Crippen molar-refractivity contribution in [3.8, 4) is 29.0 Å². The van der Waals surface area contributed by atoms with Gasteiger partial charge in [0.25, 0.3) is 0 Å². The second-order valence-corrected chi connectivity index (χ2v) is 12.4. The van der Waals surface area contributed by atoms with Crippen LogP contribution in [0.25, 0.3) is 33.8 Å². The molecule has 0 bridgehead atoms. The lowest BCUT2D eigenvalue weighted by Crippen LogP contribution is -2.42. The summed E-state index contributed by atoms with van der Waals surface area (Å²) < 4.78 is 2.32. The van der Waals surface area contributed by atoms with E-state index in [0.717, 1.165) is 40.1 Å². The number of nitrogens with zero attached hydrogens (tertiary/aromatic N) is 4. The van der Waals surface area contributed by atoms with E-state index >= 15 is 0 Å². The van der Waals surface area contributed by atoms with Gasteiger partial charge in [0.05, 0.1) is 28.8 Å². The van der Waals surface area contributed by atoms with E-state index < -0.39 is 0 Å². The molecule has 0 amide bonds. The average Bonchev–Trinajstić information content (AvgIpc) is 3.52. The smallest absolute Gasteiger partial charge is 0.0992 e. The van der Waals surface area contributed by atoms with Gasteiger partial charge >= 0.3 is 0 Å². The van der Waals surface area contributed by atoms with Crippen molar-refractivity contribution in [1.29, 1.82) is 10.5 Å². The van der Waals surface area contributed by atoms with Crippen LogP contribution in [0.4, 0.5) is 11.4 Å². The van der Waals surface area contributed by atoms with Crippen LogP contribution in [0.15, 0.2) is 121 Å². The van der Waals surface area contributed by atoms with E-state index in [9.17, 15) is 10.5 Å². The minimum absolute atomic E-state index is 0.0690. The topological polar surface area (TPSA) is 55.8 Å². The van der Waals surface area contributed by atoms with Crippen LogP contribution in [0.5, 0.6) is 0 Å². The molecule has 1 aromatic heterocycles. The molecule has 3 aliphatic rings. The van der Waals surface area contributed by atoms with Crippen molar-refractivity contribution < 1.29 is 0 Å². The normalized spacial score (nSPS) is 21.3. The Bertz CT molecular complexity index is 2180. The van der Waals surface area contributed by atoms with Crippen LogP contribution in [0, 0.1) is 28.6 Å². The number of anilines is 2. The first-order valence-electron chi connectivity index (χ1n) is 15.2. The number of allylic oxidation sites excluding steroid dienone is 3. The Labute approximate surface area is 257 Å². The lowest BCUT2D eigenvalue weighted by atomic mass is 9.78. The molecule has 4 heteroatoms. The van der Waals surface area contributed by atoms with Crippen molar-refractivity contribution in [2.24, 2.45) is 5.92 Å². The maximum Gasteiger partial charge on any atom is 0.0992 e. The number of hydrogen-bond donors (Lipinski definition) is 0. The second kappa shape index (κ2) is 9.73. The molecule has 2 heterocycles. The Balaban J connectivity index is 1.28. The van der Waals surface area contributed by atoms with E-state index in [1.807, 2.05) is 18.2 Å². The zero-order valence-corrected chi connectivity index (χ0v) is 24.7. The fourth-order valence-electron chi connectivity index (χ4n) is 7.53. The molecule has 1 aliphatic heterocycles. The number of hydrogen-bond acceptors (Lipinski definition) is 3. The predicted octanol–water partition coefficient (Wildman–Crippen LogP) is 9.39. The number of nitriles is 2.